The van der Waals surface area contributed by atoms with E-state index in [0.717, 1.165) is 19.0 Å². The molecule has 4 nitrogen and oxygen atoms in total. The van der Waals surface area contributed by atoms with E-state index in [1.165, 1.54) is 43.5 Å². The first kappa shape index (κ1) is 15.6. The first-order valence-corrected chi connectivity index (χ1v) is 9.67. The number of hydrogen-bond donors (Lipinski definition) is 1. The van der Waals surface area contributed by atoms with Crippen LogP contribution in [-0.2, 0) is 10.3 Å². The highest BCUT2D eigenvalue weighted by Crippen LogP contribution is 2.53. The van der Waals surface area contributed by atoms with Crippen LogP contribution in [0.1, 0.15) is 47.3 Å². The van der Waals surface area contributed by atoms with Gasteiger partial charge in [-0.05, 0) is 37.7 Å². The number of carbonyl (C=O) groups is 1. The molecule has 1 amide bonds. The van der Waals surface area contributed by atoms with Crippen LogP contribution in [0.4, 0.5) is 0 Å². The van der Waals surface area contributed by atoms with Gasteiger partial charge in [-0.15, -0.1) is 11.3 Å². The van der Waals surface area contributed by atoms with Crippen molar-refractivity contribution in [1.82, 2.24) is 4.90 Å². The Morgan fingerprint density at radius 2 is 2.04 bits per heavy atom. The molecule has 1 saturated heterocycles. The molecule has 2 bridgehead atoms. The van der Waals surface area contributed by atoms with Crippen molar-refractivity contribution >= 4 is 17.2 Å². The van der Waals surface area contributed by atoms with E-state index in [-0.39, 0.29) is 11.5 Å². The van der Waals surface area contributed by atoms with Crippen molar-refractivity contribution in [3.8, 4) is 0 Å². The second-order valence-corrected chi connectivity index (χ2v) is 8.46. The van der Waals surface area contributed by atoms with Crippen LogP contribution in [0.5, 0.6) is 0 Å². The van der Waals surface area contributed by atoms with Crippen LogP contribution in [0.25, 0.3) is 0 Å². The summed E-state index contributed by atoms with van der Waals surface area (Å²) in [5, 5.41) is 1.89. The molecule has 1 aromatic rings. The first-order chi connectivity index (χ1) is 11.1. The van der Waals surface area contributed by atoms with Gasteiger partial charge in [0.2, 0.25) is 5.91 Å². The molecule has 4 rings (SSSR count). The number of amides is 1. The molecule has 3 aliphatic rings. The normalized spacial score (nSPS) is 34.5. The summed E-state index contributed by atoms with van der Waals surface area (Å²) in [6.45, 7) is 3.53. The lowest BCUT2D eigenvalue weighted by Gasteiger charge is -2.55. The van der Waals surface area contributed by atoms with Crippen LogP contribution in [0.2, 0.25) is 0 Å². The van der Waals surface area contributed by atoms with Crippen LogP contribution in [0.3, 0.4) is 0 Å². The zero-order valence-corrected chi connectivity index (χ0v) is 14.6. The van der Waals surface area contributed by atoms with Gasteiger partial charge in [-0.1, -0.05) is 6.42 Å². The Hall–Kier alpha value is -0.910. The molecule has 3 fully saturated rings. The van der Waals surface area contributed by atoms with Gasteiger partial charge in [0.15, 0.2) is 0 Å². The van der Waals surface area contributed by atoms with E-state index in [1.54, 1.807) is 11.3 Å². The van der Waals surface area contributed by atoms with E-state index < -0.39 is 0 Å². The van der Waals surface area contributed by atoms with E-state index in [2.05, 4.69) is 4.90 Å². The Balaban J connectivity index is 1.64. The number of nitrogens with zero attached hydrogens (tertiary/aromatic N) is 1. The fraction of sp³-hybridized carbons (Fsp3) is 0.722. The molecule has 1 aliphatic heterocycles. The molecular weight excluding hydrogens is 308 g/mol. The number of likely N-dealkylation sites (tertiary alicyclic amines) is 1. The third-order valence-corrected chi connectivity index (χ3v) is 7.16. The maximum atomic E-state index is 11.5. The van der Waals surface area contributed by atoms with Crippen LogP contribution < -0.4 is 5.73 Å². The van der Waals surface area contributed by atoms with Gasteiger partial charge >= 0.3 is 0 Å². The van der Waals surface area contributed by atoms with E-state index in [9.17, 15) is 4.79 Å². The molecule has 5 heteroatoms. The van der Waals surface area contributed by atoms with Gasteiger partial charge < -0.3 is 15.4 Å². The summed E-state index contributed by atoms with van der Waals surface area (Å²) in [5.74, 6) is 1.65. The van der Waals surface area contributed by atoms with Gasteiger partial charge in [-0.25, -0.2) is 0 Å². The quantitative estimate of drug-likeness (QED) is 0.901. The van der Waals surface area contributed by atoms with Crippen LogP contribution in [-0.4, -0.2) is 37.6 Å². The molecule has 2 unspecified atom stereocenters. The molecule has 2 heterocycles. The second-order valence-electron chi connectivity index (χ2n) is 7.55. The number of fused-ring (bicyclic) bond motifs is 2. The average Bonchev–Trinajstić information content (AvgIpc) is 3.18. The second kappa shape index (κ2) is 5.87. The summed E-state index contributed by atoms with van der Waals surface area (Å²) >= 11 is 1.65. The van der Waals surface area contributed by atoms with E-state index >= 15 is 0 Å². The topological polar surface area (TPSA) is 55.6 Å². The number of piperidine rings is 1. The molecule has 2 atom stereocenters. The summed E-state index contributed by atoms with van der Waals surface area (Å²) < 4.78 is 6.23. The molecule has 126 valence electrons. The van der Waals surface area contributed by atoms with Crippen LogP contribution in [0, 0.1) is 17.8 Å². The van der Waals surface area contributed by atoms with Crippen molar-refractivity contribution in [1.29, 1.82) is 0 Å². The van der Waals surface area contributed by atoms with E-state index in [0.29, 0.717) is 17.4 Å². The van der Waals surface area contributed by atoms with Gasteiger partial charge in [-0.3, -0.25) is 4.79 Å². The molecule has 23 heavy (non-hydrogen) atoms. The average molecular weight is 334 g/mol. The Morgan fingerprint density at radius 3 is 2.57 bits per heavy atom. The number of ether oxygens (including phenoxy) is 1. The molecular formula is C18H26N2O2S. The molecule has 2 aliphatic carbocycles. The summed E-state index contributed by atoms with van der Waals surface area (Å²) in [6.07, 6.45) is 6.55. The Morgan fingerprint density at radius 1 is 1.35 bits per heavy atom. The van der Waals surface area contributed by atoms with Gasteiger partial charge in [0.25, 0.3) is 0 Å². The molecule has 1 aromatic heterocycles. The zero-order valence-electron chi connectivity index (χ0n) is 13.8. The molecule has 2 N–H and O–H groups in total. The third kappa shape index (κ3) is 2.63. The first-order valence-electron chi connectivity index (χ1n) is 8.79. The lowest BCUT2D eigenvalue weighted by Crippen LogP contribution is -2.59. The summed E-state index contributed by atoms with van der Waals surface area (Å²) in [5.41, 5.74) is 5.87. The van der Waals surface area contributed by atoms with Crippen molar-refractivity contribution in [3.63, 3.8) is 0 Å². The highest BCUT2D eigenvalue weighted by atomic mass is 32.1. The maximum Gasteiger partial charge on any atom is 0.249 e. The molecule has 0 aromatic carbocycles. The van der Waals surface area contributed by atoms with Crippen LogP contribution in [0.15, 0.2) is 11.4 Å². The van der Waals surface area contributed by atoms with Crippen molar-refractivity contribution in [2.24, 2.45) is 23.5 Å². The van der Waals surface area contributed by atoms with Gasteiger partial charge in [0.1, 0.15) is 5.60 Å². The predicted octanol–water partition coefficient (Wildman–Crippen LogP) is 2.83. The fourth-order valence-corrected chi connectivity index (χ4v) is 6.08. The number of rotatable bonds is 5. The van der Waals surface area contributed by atoms with E-state index in [4.69, 9.17) is 10.5 Å². The highest BCUT2D eigenvalue weighted by Gasteiger charge is 2.54. The standard InChI is InChI=1S/C18H26N2O2S/c1-22-18(16-7-13(11-23-16)17(19)21)14-3-2-4-15(18)10-20(9-14)8-12-5-6-12/h7,11-12,14-15H,2-6,8-10H2,1H3,(H2,19,21). The summed E-state index contributed by atoms with van der Waals surface area (Å²) in [6, 6.07) is 1.98. The largest absolute Gasteiger partial charge is 0.372 e. The third-order valence-electron chi connectivity index (χ3n) is 6.10. The molecule has 0 radical (unpaired) electrons. The minimum absolute atomic E-state index is 0.212. The lowest BCUT2D eigenvalue weighted by molar-refractivity contribution is -0.167. The van der Waals surface area contributed by atoms with Crippen LogP contribution >= 0.6 is 11.3 Å². The van der Waals surface area contributed by atoms with Crippen molar-refractivity contribution in [2.75, 3.05) is 26.7 Å². The monoisotopic (exact) mass is 334 g/mol. The van der Waals surface area contributed by atoms with Gasteiger partial charge in [0.05, 0.1) is 5.56 Å². The number of thiophene rings is 1. The maximum absolute atomic E-state index is 11.5. The number of primary amides is 1. The predicted molar refractivity (Wildman–Crippen MR) is 91.5 cm³/mol. The summed E-state index contributed by atoms with van der Waals surface area (Å²) in [7, 11) is 1.85. The SMILES string of the molecule is COC1(c2cc(C(N)=O)cs2)C2CCCC1CN(CC1CC1)C2. The Bertz CT molecular complexity index is 582. The number of hydrogen-bond acceptors (Lipinski definition) is 4. The lowest BCUT2D eigenvalue weighted by atomic mass is 9.64. The molecule has 2 saturated carbocycles. The minimum atomic E-state index is -0.338. The Labute approximate surface area is 142 Å². The van der Waals surface area contributed by atoms with Crippen molar-refractivity contribution in [2.45, 2.75) is 37.7 Å². The van der Waals surface area contributed by atoms with Crippen molar-refractivity contribution in [3.05, 3.63) is 21.9 Å². The van der Waals surface area contributed by atoms with Crippen molar-refractivity contribution < 1.29 is 9.53 Å². The smallest absolute Gasteiger partial charge is 0.249 e. The van der Waals surface area contributed by atoms with Gasteiger partial charge in [-0.2, -0.15) is 0 Å². The summed E-state index contributed by atoms with van der Waals surface area (Å²) in [4.78, 5) is 15.4. The number of methoxy groups -OCH3 is 1. The van der Waals surface area contributed by atoms with Gasteiger partial charge in [0, 0.05) is 48.8 Å². The number of carbonyl (C=O) groups excluding carboxylic acids is 1. The number of nitrogens with two attached hydrogens (primary N) is 1. The highest BCUT2D eigenvalue weighted by molar-refractivity contribution is 7.10. The Kier molecular flexibility index (Phi) is 3.98. The zero-order chi connectivity index (χ0) is 16.0. The minimum Gasteiger partial charge on any atom is -0.372 e. The molecule has 0 spiro atoms. The van der Waals surface area contributed by atoms with E-state index in [1.807, 2.05) is 18.6 Å². The fourth-order valence-electron chi connectivity index (χ4n) is 4.85.